The van der Waals surface area contributed by atoms with Crippen LogP contribution in [-0.2, 0) is 10.0 Å². The normalized spacial score (nSPS) is 18.6. The highest BCUT2D eigenvalue weighted by Gasteiger charge is 2.22. The summed E-state index contributed by atoms with van der Waals surface area (Å²) in [7, 11) is -3.44. The van der Waals surface area contributed by atoms with E-state index in [1.807, 2.05) is 0 Å². The van der Waals surface area contributed by atoms with Crippen LogP contribution in [0.5, 0.6) is 0 Å². The molecular weight excluding hydrogens is 328 g/mol. The Hall–Kier alpha value is -0.430. The van der Waals surface area contributed by atoms with Gasteiger partial charge in [-0.15, -0.1) is 0 Å². The van der Waals surface area contributed by atoms with Gasteiger partial charge in [-0.3, -0.25) is 4.90 Å². The molecule has 0 radical (unpaired) electrons. The third kappa shape index (κ3) is 3.78. The van der Waals surface area contributed by atoms with Gasteiger partial charge in [0, 0.05) is 17.1 Å². The lowest BCUT2D eigenvalue weighted by Crippen LogP contribution is -2.40. The maximum Gasteiger partial charge on any atom is 0.241 e. The smallest absolute Gasteiger partial charge is 0.241 e. The van der Waals surface area contributed by atoms with Crippen molar-refractivity contribution in [2.45, 2.75) is 30.7 Å². The summed E-state index contributed by atoms with van der Waals surface area (Å²) in [5.74, 6) is 0. The molecule has 2 rings (SSSR count). The topological polar surface area (TPSA) is 49.4 Å². The summed E-state index contributed by atoms with van der Waals surface area (Å²) < 4.78 is 27.7. The molecular formula is C13H19BrN2O2S. The fraction of sp³-hybridized carbons (Fsp3) is 0.538. The second kappa shape index (κ2) is 6.35. The maximum atomic E-state index is 12.2. The lowest BCUT2D eigenvalue weighted by molar-refractivity contribution is 0.260. The Balaban J connectivity index is 2.00. The van der Waals surface area contributed by atoms with Crippen molar-refractivity contribution >= 4 is 26.0 Å². The van der Waals surface area contributed by atoms with Gasteiger partial charge in [0.05, 0.1) is 4.90 Å². The molecule has 1 aromatic rings. The molecule has 1 aliphatic heterocycles. The van der Waals surface area contributed by atoms with Crippen molar-refractivity contribution in [1.29, 1.82) is 0 Å². The molecule has 4 nitrogen and oxygen atoms in total. The van der Waals surface area contributed by atoms with Crippen molar-refractivity contribution in [3.05, 3.63) is 28.7 Å². The summed E-state index contributed by atoms with van der Waals surface area (Å²) in [4.78, 5) is 2.62. The van der Waals surface area contributed by atoms with Crippen LogP contribution in [0, 0.1) is 0 Å². The summed E-state index contributed by atoms with van der Waals surface area (Å²) in [6.07, 6.45) is 2.42. The minimum Gasteiger partial charge on any atom is -0.299 e. The molecule has 1 atom stereocenters. The van der Waals surface area contributed by atoms with Gasteiger partial charge < -0.3 is 0 Å². The zero-order valence-corrected chi connectivity index (χ0v) is 13.4. The van der Waals surface area contributed by atoms with E-state index in [2.05, 4.69) is 32.5 Å². The molecule has 19 heavy (non-hydrogen) atoms. The Kier molecular flexibility index (Phi) is 5.00. The van der Waals surface area contributed by atoms with Crippen LogP contribution in [0.4, 0.5) is 0 Å². The van der Waals surface area contributed by atoms with E-state index in [0.717, 1.165) is 13.1 Å². The monoisotopic (exact) mass is 346 g/mol. The molecule has 1 unspecified atom stereocenters. The van der Waals surface area contributed by atoms with E-state index in [9.17, 15) is 8.42 Å². The van der Waals surface area contributed by atoms with Gasteiger partial charge in [0.15, 0.2) is 0 Å². The molecule has 0 aromatic heterocycles. The summed E-state index contributed by atoms with van der Waals surface area (Å²) in [6, 6.07) is 7.10. The first kappa shape index (κ1) is 15.0. The number of rotatable bonds is 5. The molecule has 106 valence electrons. The summed E-state index contributed by atoms with van der Waals surface area (Å²) >= 11 is 3.28. The number of sulfonamides is 1. The van der Waals surface area contributed by atoms with E-state index in [4.69, 9.17) is 0 Å². The van der Waals surface area contributed by atoms with Gasteiger partial charge in [0.1, 0.15) is 0 Å². The van der Waals surface area contributed by atoms with Crippen molar-refractivity contribution in [2.75, 3.05) is 19.6 Å². The highest BCUT2D eigenvalue weighted by molar-refractivity contribution is 9.10. The molecule has 0 amide bonds. The van der Waals surface area contributed by atoms with E-state index in [1.54, 1.807) is 24.3 Å². The second-order valence-corrected chi connectivity index (χ2v) is 7.46. The first-order valence-corrected chi connectivity index (χ1v) is 8.76. The molecule has 0 saturated carbocycles. The third-order valence-electron chi connectivity index (χ3n) is 3.46. The Labute approximate surface area is 123 Å². The number of halogens is 1. The van der Waals surface area contributed by atoms with E-state index >= 15 is 0 Å². The van der Waals surface area contributed by atoms with E-state index in [-0.39, 0.29) is 6.04 Å². The Morgan fingerprint density at radius 2 is 1.95 bits per heavy atom. The maximum absolute atomic E-state index is 12.2. The van der Waals surface area contributed by atoms with E-state index in [1.165, 1.54) is 12.8 Å². The standard InChI is InChI=1S/C13H19BrN2O2S/c1-11(16-8-4-5-9-16)10-15-19(17,18)13-7-3-2-6-12(13)14/h2-3,6-7,11,15H,4-5,8-10H2,1H3. The van der Waals surface area contributed by atoms with Crippen LogP contribution >= 0.6 is 15.9 Å². The van der Waals surface area contributed by atoms with Gasteiger partial charge in [-0.1, -0.05) is 12.1 Å². The number of hydrogen-bond donors (Lipinski definition) is 1. The van der Waals surface area contributed by atoms with Gasteiger partial charge in [-0.2, -0.15) is 0 Å². The SMILES string of the molecule is CC(CNS(=O)(=O)c1ccccc1Br)N1CCCC1. The van der Waals surface area contributed by atoms with Crippen molar-refractivity contribution in [3.63, 3.8) is 0 Å². The lowest BCUT2D eigenvalue weighted by atomic mass is 10.3. The number of likely N-dealkylation sites (tertiary alicyclic amines) is 1. The number of hydrogen-bond acceptors (Lipinski definition) is 3. The Morgan fingerprint density at radius 1 is 1.32 bits per heavy atom. The van der Waals surface area contributed by atoms with Crippen LogP contribution < -0.4 is 4.72 Å². The zero-order valence-electron chi connectivity index (χ0n) is 11.0. The highest BCUT2D eigenvalue weighted by Crippen LogP contribution is 2.21. The van der Waals surface area contributed by atoms with Crippen LogP contribution in [0.2, 0.25) is 0 Å². The minimum atomic E-state index is -3.44. The van der Waals surface area contributed by atoms with Crippen molar-refractivity contribution in [3.8, 4) is 0 Å². The van der Waals surface area contributed by atoms with Gasteiger partial charge in [-0.25, -0.2) is 13.1 Å². The fourth-order valence-corrected chi connectivity index (χ4v) is 4.40. The molecule has 0 spiro atoms. The third-order valence-corrected chi connectivity index (χ3v) is 5.89. The van der Waals surface area contributed by atoms with Crippen molar-refractivity contribution < 1.29 is 8.42 Å². The summed E-state index contributed by atoms with van der Waals surface area (Å²) in [6.45, 7) is 4.65. The Morgan fingerprint density at radius 3 is 2.58 bits per heavy atom. The van der Waals surface area contributed by atoms with Crippen molar-refractivity contribution in [1.82, 2.24) is 9.62 Å². The van der Waals surface area contributed by atoms with Crippen LogP contribution in [0.25, 0.3) is 0 Å². The number of benzene rings is 1. The number of nitrogens with one attached hydrogen (secondary N) is 1. The van der Waals surface area contributed by atoms with Crippen molar-refractivity contribution in [2.24, 2.45) is 0 Å². The number of nitrogens with zero attached hydrogens (tertiary/aromatic N) is 1. The Bertz CT molecular complexity index is 527. The quantitative estimate of drug-likeness (QED) is 0.889. The van der Waals surface area contributed by atoms with Gasteiger partial charge in [0.2, 0.25) is 10.0 Å². The van der Waals surface area contributed by atoms with Gasteiger partial charge in [-0.05, 0) is 60.9 Å². The molecule has 0 aliphatic carbocycles. The average Bonchev–Trinajstić information content (AvgIpc) is 2.90. The molecule has 1 aliphatic rings. The van der Waals surface area contributed by atoms with Crippen LogP contribution in [0.15, 0.2) is 33.6 Å². The average molecular weight is 347 g/mol. The summed E-state index contributed by atoms with van der Waals surface area (Å²) in [5.41, 5.74) is 0. The zero-order chi connectivity index (χ0) is 13.9. The minimum absolute atomic E-state index is 0.236. The van der Waals surface area contributed by atoms with E-state index < -0.39 is 10.0 Å². The van der Waals surface area contributed by atoms with Crippen LogP contribution in [-0.4, -0.2) is 39.0 Å². The summed E-state index contributed by atoms with van der Waals surface area (Å²) in [5, 5.41) is 0. The largest absolute Gasteiger partial charge is 0.299 e. The predicted octanol–water partition coefficient (Wildman–Crippen LogP) is 2.21. The molecule has 1 saturated heterocycles. The second-order valence-electron chi connectivity index (χ2n) is 4.87. The molecule has 1 N–H and O–H groups in total. The molecule has 6 heteroatoms. The van der Waals surface area contributed by atoms with Crippen LogP contribution in [0.3, 0.4) is 0 Å². The first-order valence-electron chi connectivity index (χ1n) is 6.49. The van der Waals surface area contributed by atoms with E-state index in [0.29, 0.717) is 15.9 Å². The van der Waals surface area contributed by atoms with Gasteiger partial charge >= 0.3 is 0 Å². The molecule has 0 bridgehead atoms. The highest BCUT2D eigenvalue weighted by atomic mass is 79.9. The predicted molar refractivity (Wildman–Crippen MR) is 79.6 cm³/mol. The molecule has 1 heterocycles. The van der Waals surface area contributed by atoms with Crippen LogP contribution in [0.1, 0.15) is 19.8 Å². The first-order chi connectivity index (χ1) is 9.00. The molecule has 1 aromatic carbocycles. The fourth-order valence-electron chi connectivity index (χ4n) is 2.28. The lowest BCUT2D eigenvalue weighted by Gasteiger charge is -2.23. The van der Waals surface area contributed by atoms with Gasteiger partial charge in [0.25, 0.3) is 0 Å². The molecule has 1 fully saturated rings.